The SMILES string of the molecule is CCCc1nc(N)nc2ccc(C(=O)OC(C)(C)CN3CC=CCC3)nc12. The molecule has 1 aliphatic heterocycles. The Balaban J connectivity index is 1.79. The first-order valence-corrected chi connectivity index (χ1v) is 9.42. The van der Waals surface area contributed by atoms with Gasteiger partial charge in [-0.1, -0.05) is 25.5 Å². The number of rotatable bonds is 6. The van der Waals surface area contributed by atoms with E-state index in [2.05, 4.69) is 38.9 Å². The van der Waals surface area contributed by atoms with Crippen LogP contribution in [0, 0.1) is 0 Å². The summed E-state index contributed by atoms with van der Waals surface area (Å²) in [5.41, 5.74) is 7.44. The first-order valence-electron chi connectivity index (χ1n) is 9.42. The van der Waals surface area contributed by atoms with Crippen LogP contribution in [0.15, 0.2) is 24.3 Å². The minimum atomic E-state index is -0.608. The number of hydrogen-bond acceptors (Lipinski definition) is 7. The molecule has 0 atom stereocenters. The van der Waals surface area contributed by atoms with Crippen LogP contribution in [0.25, 0.3) is 11.0 Å². The molecule has 0 spiro atoms. The molecule has 0 radical (unpaired) electrons. The van der Waals surface area contributed by atoms with Gasteiger partial charge in [0.1, 0.15) is 16.8 Å². The molecule has 0 aliphatic carbocycles. The fourth-order valence-electron chi connectivity index (χ4n) is 3.33. The van der Waals surface area contributed by atoms with Gasteiger partial charge < -0.3 is 10.5 Å². The number of carbonyl (C=O) groups is 1. The molecule has 2 N–H and O–H groups in total. The van der Waals surface area contributed by atoms with Gasteiger partial charge in [-0.05, 0) is 38.8 Å². The predicted octanol–water partition coefficient (Wildman–Crippen LogP) is 2.76. The van der Waals surface area contributed by atoms with Crippen LogP contribution >= 0.6 is 0 Å². The van der Waals surface area contributed by atoms with Crippen LogP contribution in [-0.2, 0) is 11.2 Å². The second kappa shape index (κ2) is 8.00. The fourth-order valence-corrected chi connectivity index (χ4v) is 3.33. The lowest BCUT2D eigenvalue weighted by Crippen LogP contribution is -2.43. The van der Waals surface area contributed by atoms with Crippen LogP contribution in [0.4, 0.5) is 5.95 Å². The van der Waals surface area contributed by atoms with E-state index in [0.717, 1.165) is 38.0 Å². The molecule has 0 aromatic carbocycles. The van der Waals surface area contributed by atoms with Crippen molar-refractivity contribution in [2.24, 2.45) is 0 Å². The lowest BCUT2D eigenvalue weighted by molar-refractivity contribution is -0.0159. The maximum Gasteiger partial charge on any atom is 0.357 e. The summed E-state index contributed by atoms with van der Waals surface area (Å²) in [6.07, 6.45) is 6.98. The van der Waals surface area contributed by atoms with Crippen LogP contribution in [0.1, 0.15) is 49.8 Å². The zero-order valence-corrected chi connectivity index (χ0v) is 16.2. The van der Waals surface area contributed by atoms with Crippen molar-refractivity contribution < 1.29 is 9.53 Å². The van der Waals surface area contributed by atoms with E-state index < -0.39 is 11.6 Å². The zero-order chi connectivity index (χ0) is 19.4. The zero-order valence-electron chi connectivity index (χ0n) is 16.2. The highest BCUT2D eigenvalue weighted by atomic mass is 16.6. The standard InChI is InChI=1S/C20H27N5O2/c1-4-8-14-17-15(24-19(21)23-14)9-10-16(22-17)18(26)27-20(2,3)13-25-11-6-5-7-12-25/h5-6,9-10H,4,7-8,11-13H2,1-3H3,(H2,21,23,24). The van der Waals surface area contributed by atoms with Gasteiger partial charge in [0.25, 0.3) is 0 Å². The van der Waals surface area contributed by atoms with Crippen LogP contribution in [0.5, 0.6) is 0 Å². The molecule has 1 aliphatic rings. The Hall–Kier alpha value is -2.54. The number of fused-ring (bicyclic) bond motifs is 1. The van der Waals surface area contributed by atoms with Gasteiger partial charge in [-0.3, -0.25) is 4.90 Å². The van der Waals surface area contributed by atoms with Gasteiger partial charge in [-0.2, -0.15) is 0 Å². The molecule has 0 saturated carbocycles. The largest absolute Gasteiger partial charge is 0.454 e. The minimum absolute atomic E-state index is 0.222. The Labute approximate surface area is 159 Å². The molecule has 7 heteroatoms. The van der Waals surface area contributed by atoms with Gasteiger partial charge in [0.2, 0.25) is 5.95 Å². The molecule has 2 aromatic heterocycles. The summed E-state index contributed by atoms with van der Waals surface area (Å²) in [4.78, 5) is 28.0. The number of nitrogens with two attached hydrogens (primary N) is 1. The summed E-state index contributed by atoms with van der Waals surface area (Å²) in [7, 11) is 0. The predicted molar refractivity (Wildman–Crippen MR) is 105 cm³/mol. The van der Waals surface area contributed by atoms with E-state index in [1.807, 2.05) is 13.8 Å². The molecule has 3 rings (SSSR count). The molecule has 0 fully saturated rings. The average Bonchev–Trinajstić information content (AvgIpc) is 2.61. The highest BCUT2D eigenvalue weighted by Crippen LogP contribution is 2.20. The Bertz CT molecular complexity index is 863. The fraction of sp³-hybridized carbons (Fsp3) is 0.500. The number of ether oxygens (including phenoxy) is 1. The molecule has 0 bridgehead atoms. The number of nitrogen functional groups attached to an aromatic ring is 1. The normalized spacial score (nSPS) is 15.2. The maximum atomic E-state index is 12.7. The second-order valence-electron chi connectivity index (χ2n) is 7.49. The van der Waals surface area contributed by atoms with Crippen molar-refractivity contribution in [1.29, 1.82) is 0 Å². The maximum absolute atomic E-state index is 12.7. The highest BCUT2D eigenvalue weighted by Gasteiger charge is 2.27. The number of anilines is 1. The third-order valence-corrected chi connectivity index (χ3v) is 4.44. The van der Waals surface area contributed by atoms with Crippen LogP contribution in [0.2, 0.25) is 0 Å². The summed E-state index contributed by atoms with van der Waals surface area (Å²) in [5.74, 6) is -0.214. The van der Waals surface area contributed by atoms with Crippen molar-refractivity contribution in [1.82, 2.24) is 19.9 Å². The first kappa shape index (κ1) is 19.2. The number of nitrogens with zero attached hydrogens (tertiary/aromatic N) is 4. The van der Waals surface area contributed by atoms with E-state index in [-0.39, 0.29) is 11.6 Å². The van der Waals surface area contributed by atoms with Crippen molar-refractivity contribution >= 4 is 23.0 Å². The molecule has 7 nitrogen and oxygen atoms in total. The van der Waals surface area contributed by atoms with Crippen molar-refractivity contribution in [2.45, 2.75) is 45.6 Å². The quantitative estimate of drug-likeness (QED) is 0.618. The smallest absolute Gasteiger partial charge is 0.357 e. The lowest BCUT2D eigenvalue weighted by Gasteiger charge is -2.32. The van der Waals surface area contributed by atoms with Crippen molar-refractivity contribution in [3.63, 3.8) is 0 Å². The van der Waals surface area contributed by atoms with Gasteiger partial charge in [0.15, 0.2) is 0 Å². The van der Waals surface area contributed by atoms with Crippen molar-refractivity contribution in [2.75, 3.05) is 25.4 Å². The highest BCUT2D eigenvalue weighted by molar-refractivity contribution is 5.91. The second-order valence-corrected chi connectivity index (χ2v) is 7.49. The number of carbonyl (C=O) groups excluding carboxylic acids is 1. The van der Waals surface area contributed by atoms with Gasteiger partial charge in [-0.15, -0.1) is 0 Å². The molecule has 27 heavy (non-hydrogen) atoms. The Morgan fingerprint density at radius 1 is 1.26 bits per heavy atom. The lowest BCUT2D eigenvalue weighted by atomic mass is 10.1. The molecule has 0 amide bonds. The number of hydrogen-bond donors (Lipinski definition) is 1. The van der Waals surface area contributed by atoms with Gasteiger partial charge in [-0.25, -0.2) is 19.7 Å². The van der Waals surface area contributed by atoms with E-state index in [9.17, 15) is 4.79 Å². The summed E-state index contributed by atoms with van der Waals surface area (Å²) in [6, 6.07) is 3.38. The van der Waals surface area contributed by atoms with Crippen LogP contribution in [-0.4, -0.2) is 51.1 Å². The van der Waals surface area contributed by atoms with Crippen molar-refractivity contribution in [3.05, 3.63) is 35.7 Å². The Kier molecular flexibility index (Phi) is 5.70. The Morgan fingerprint density at radius 2 is 2.07 bits per heavy atom. The minimum Gasteiger partial charge on any atom is -0.454 e. The van der Waals surface area contributed by atoms with E-state index in [1.165, 1.54) is 0 Å². The first-order chi connectivity index (χ1) is 12.9. The summed E-state index contributed by atoms with van der Waals surface area (Å²) >= 11 is 0. The third-order valence-electron chi connectivity index (χ3n) is 4.44. The summed E-state index contributed by atoms with van der Waals surface area (Å²) < 4.78 is 5.77. The van der Waals surface area contributed by atoms with Gasteiger partial charge >= 0.3 is 5.97 Å². The van der Waals surface area contributed by atoms with E-state index in [4.69, 9.17) is 10.5 Å². The Morgan fingerprint density at radius 3 is 2.78 bits per heavy atom. The van der Waals surface area contributed by atoms with E-state index in [1.54, 1.807) is 12.1 Å². The number of aryl methyl sites for hydroxylation is 1. The van der Waals surface area contributed by atoms with Crippen LogP contribution < -0.4 is 5.73 Å². The molecule has 2 aromatic rings. The number of aromatic nitrogens is 3. The molecule has 144 valence electrons. The van der Waals surface area contributed by atoms with E-state index >= 15 is 0 Å². The average molecular weight is 369 g/mol. The molecule has 0 unspecified atom stereocenters. The number of esters is 1. The van der Waals surface area contributed by atoms with Gasteiger partial charge in [0.05, 0.1) is 11.2 Å². The molecule has 3 heterocycles. The molecular formula is C20H27N5O2. The third kappa shape index (κ3) is 4.80. The van der Waals surface area contributed by atoms with Crippen molar-refractivity contribution in [3.8, 4) is 0 Å². The topological polar surface area (TPSA) is 94.2 Å². The van der Waals surface area contributed by atoms with Gasteiger partial charge in [0, 0.05) is 19.6 Å². The molecule has 0 saturated heterocycles. The summed E-state index contributed by atoms with van der Waals surface area (Å²) in [6.45, 7) is 8.45. The molecular weight excluding hydrogens is 342 g/mol. The van der Waals surface area contributed by atoms with Crippen LogP contribution in [0.3, 0.4) is 0 Å². The van der Waals surface area contributed by atoms with E-state index in [0.29, 0.717) is 17.6 Å². The number of pyridine rings is 1. The monoisotopic (exact) mass is 369 g/mol. The summed E-state index contributed by atoms with van der Waals surface area (Å²) in [5, 5.41) is 0.